The molecule has 5 nitrogen and oxygen atoms in total. The van der Waals surface area contributed by atoms with Gasteiger partial charge in [-0.25, -0.2) is 0 Å². The quantitative estimate of drug-likeness (QED) is 0.882. The number of likely N-dealkylation sites (tertiary alicyclic amines) is 1. The molecule has 0 saturated carbocycles. The Morgan fingerprint density at radius 3 is 2.70 bits per heavy atom. The molecule has 0 bridgehead atoms. The van der Waals surface area contributed by atoms with E-state index in [9.17, 15) is 4.79 Å². The first kappa shape index (κ1) is 14.4. The van der Waals surface area contributed by atoms with Crippen molar-refractivity contribution in [1.29, 1.82) is 5.26 Å². The van der Waals surface area contributed by atoms with Gasteiger partial charge in [0.25, 0.3) is 0 Å². The molecule has 1 N–H and O–H groups in total. The molecule has 0 aromatic heterocycles. The molecule has 1 aromatic carbocycles. The van der Waals surface area contributed by atoms with Crippen molar-refractivity contribution < 1.29 is 14.6 Å². The van der Waals surface area contributed by atoms with Gasteiger partial charge in [-0.15, -0.1) is 0 Å². The number of carbonyl (C=O) groups is 1. The molecule has 1 heterocycles. The lowest BCUT2D eigenvalue weighted by Crippen LogP contribution is -2.27. The van der Waals surface area contributed by atoms with Crippen LogP contribution in [0.1, 0.15) is 12.5 Å². The van der Waals surface area contributed by atoms with E-state index in [1.807, 2.05) is 6.92 Å². The largest absolute Gasteiger partial charge is 0.492 e. The highest BCUT2D eigenvalue weighted by molar-refractivity contribution is 5.71. The number of rotatable bonds is 5. The van der Waals surface area contributed by atoms with Gasteiger partial charge < -0.3 is 9.84 Å². The van der Waals surface area contributed by atoms with E-state index in [-0.39, 0.29) is 11.8 Å². The van der Waals surface area contributed by atoms with Crippen molar-refractivity contribution in [3.05, 3.63) is 29.8 Å². The molecule has 0 aliphatic carbocycles. The fourth-order valence-electron chi connectivity index (χ4n) is 2.49. The van der Waals surface area contributed by atoms with E-state index in [4.69, 9.17) is 15.1 Å². The van der Waals surface area contributed by atoms with Crippen molar-refractivity contribution in [3.8, 4) is 11.8 Å². The van der Waals surface area contributed by atoms with Gasteiger partial charge in [-0.1, -0.05) is 6.92 Å². The Morgan fingerprint density at radius 1 is 1.45 bits per heavy atom. The molecule has 1 aromatic rings. The molecule has 0 amide bonds. The van der Waals surface area contributed by atoms with Crippen molar-refractivity contribution in [2.75, 3.05) is 26.2 Å². The zero-order valence-corrected chi connectivity index (χ0v) is 11.5. The van der Waals surface area contributed by atoms with Gasteiger partial charge in [0.1, 0.15) is 12.4 Å². The van der Waals surface area contributed by atoms with Crippen molar-refractivity contribution >= 4 is 5.97 Å². The maximum absolute atomic E-state index is 11.0. The van der Waals surface area contributed by atoms with E-state index in [0.717, 1.165) is 12.3 Å². The minimum Gasteiger partial charge on any atom is -0.492 e. The second kappa shape index (κ2) is 6.40. The van der Waals surface area contributed by atoms with Crippen LogP contribution in [0.5, 0.6) is 5.75 Å². The van der Waals surface area contributed by atoms with Gasteiger partial charge in [0.05, 0.1) is 17.6 Å². The van der Waals surface area contributed by atoms with Crippen LogP contribution in [0, 0.1) is 23.2 Å². The molecule has 5 heteroatoms. The molecule has 20 heavy (non-hydrogen) atoms. The molecular weight excluding hydrogens is 256 g/mol. The topological polar surface area (TPSA) is 73.6 Å². The van der Waals surface area contributed by atoms with Crippen molar-refractivity contribution in [2.24, 2.45) is 11.8 Å². The van der Waals surface area contributed by atoms with Crippen LogP contribution < -0.4 is 4.74 Å². The maximum Gasteiger partial charge on any atom is 0.308 e. The SMILES string of the molecule is C[C@@H]1CN(CCOc2ccc(C#N)cc2)C[C@H]1C(=O)O. The molecule has 0 radical (unpaired) electrons. The Hall–Kier alpha value is -2.06. The lowest BCUT2D eigenvalue weighted by Gasteiger charge is -2.15. The molecule has 0 spiro atoms. The van der Waals surface area contributed by atoms with E-state index >= 15 is 0 Å². The minimum atomic E-state index is -0.715. The lowest BCUT2D eigenvalue weighted by molar-refractivity contribution is -0.142. The summed E-state index contributed by atoms with van der Waals surface area (Å²) in [5.41, 5.74) is 0.606. The summed E-state index contributed by atoms with van der Waals surface area (Å²) in [6, 6.07) is 9.03. The average Bonchev–Trinajstić information content (AvgIpc) is 2.81. The Balaban J connectivity index is 1.76. The molecule has 2 atom stereocenters. The van der Waals surface area contributed by atoms with Crippen LogP contribution in [0.15, 0.2) is 24.3 Å². The molecule has 1 aliphatic heterocycles. The summed E-state index contributed by atoms with van der Waals surface area (Å²) in [6.07, 6.45) is 0. The standard InChI is InChI=1S/C15H18N2O3/c1-11-9-17(10-14(11)15(18)19)6-7-20-13-4-2-12(8-16)3-5-13/h2-5,11,14H,6-7,9-10H2,1H3,(H,18,19)/t11-,14-/m1/s1. The maximum atomic E-state index is 11.0. The molecule has 1 aliphatic rings. The van der Waals surface area contributed by atoms with Crippen LogP contribution in [-0.2, 0) is 4.79 Å². The van der Waals surface area contributed by atoms with Crippen LogP contribution >= 0.6 is 0 Å². The molecule has 106 valence electrons. The van der Waals surface area contributed by atoms with Crippen molar-refractivity contribution in [2.45, 2.75) is 6.92 Å². The van der Waals surface area contributed by atoms with Gasteiger partial charge in [0, 0.05) is 19.6 Å². The summed E-state index contributed by atoms with van der Waals surface area (Å²) in [7, 11) is 0. The van der Waals surface area contributed by atoms with Crippen LogP contribution in [-0.4, -0.2) is 42.2 Å². The monoisotopic (exact) mass is 274 g/mol. The molecule has 2 rings (SSSR count). The third-order valence-electron chi connectivity index (χ3n) is 3.66. The summed E-state index contributed by atoms with van der Waals surface area (Å²) in [4.78, 5) is 13.1. The highest BCUT2D eigenvalue weighted by atomic mass is 16.5. The van der Waals surface area contributed by atoms with Crippen LogP contribution in [0.4, 0.5) is 0 Å². The first-order valence-electron chi connectivity index (χ1n) is 6.68. The Labute approximate surface area is 118 Å². The highest BCUT2D eigenvalue weighted by Gasteiger charge is 2.34. The summed E-state index contributed by atoms with van der Waals surface area (Å²) < 4.78 is 5.60. The van der Waals surface area contributed by atoms with E-state index in [0.29, 0.717) is 25.3 Å². The zero-order valence-electron chi connectivity index (χ0n) is 11.5. The van der Waals surface area contributed by atoms with Gasteiger partial charge in [-0.3, -0.25) is 9.69 Å². The highest BCUT2D eigenvalue weighted by Crippen LogP contribution is 2.22. The number of benzene rings is 1. The van der Waals surface area contributed by atoms with Crippen LogP contribution in [0.2, 0.25) is 0 Å². The molecular formula is C15H18N2O3. The van der Waals surface area contributed by atoms with E-state index < -0.39 is 5.97 Å². The van der Waals surface area contributed by atoms with Gasteiger partial charge >= 0.3 is 5.97 Å². The Morgan fingerprint density at radius 2 is 2.15 bits per heavy atom. The van der Waals surface area contributed by atoms with Gasteiger partial charge in [0.15, 0.2) is 0 Å². The van der Waals surface area contributed by atoms with E-state index in [2.05, 4.69) is 11.0 Å². The molecule has 1 saturated heterocycles. The lowest BCUT2D eigenvalue weighted by atomic mass is 9.99. The summed E-state index contributed by atoms with van der Waals surface area (Å²) in [5, 5.41) is 17.8. The number of hydrogen-bond donors (Lipinski definition) is 1. The second-order valence-corrected chi connectivity index (χ2v) is 5.17. The van der Waals surface area contributed by atoms with Crippen LogP contribution in [0.25, 0.3) is 0 Å². The second-order valence-electron chi connectivity index (χ2n) is 5.17. The first-order chi connectivity index (χ1) is 9.60. The normalized spacial score (nSPS) is 22.4. The third kappa shape index (κ3) is 3.49. The zero-order chi connectivity index (χ0) is 14.5. The molecule has 0 unspecified atom stereocenters. The summed E-state index contributed by atoms with van der Waals surface area (Å²) in [6.45, 7) is 4.60. The predicted octanol–water partition coefficient (Wildman–Crippen LogP) is 1.59. The van der Waals surface area contributed by atoms with E-state index in [1.54, 1.807) is 24.3 Å². The first-order valence-corrected chi connectivity index (χ1v) is 6.68. The number of carboxylic acids is 1. The van der Waals surface area contributed by atoms with Crippen molar-refractivity contribution in [3.63, 3.8) is 0 Å². The fraction of sp³-hybridized carbons (Fsp3) is 0.467. The van der Waals surface area contributed by atoms with E-state index in [1.165, 1.54) is 0 Å². The summed E-state index contributed by atoms with van der Waals surface area (Å²) >= 11 is 0. The van der Waals surface area contributed by atoms with Crippen LogP contribution in [0.3, 0.4) is 0 Å². The Kier molecular flexibility index (Phi) is 4.59. The third-order valence-corrected chi connectivity index (χ3v) is 3.66. The fourth-order valence-corrected chi connectivity index (χ4v) is 2.49. The van der Waals surface area contributed by atoms with Gasteiger partial charge in [-0.05, 0) is 30.2 Å². The van der Waals surface area contributed by atoms with Gasteiger partial charge in [-0.2, -0.15) is 5.26 Å². The number of aliphatic carboxylic acids is 1. The predicted molar refractivity (Wildman–Crippen MR) is 73.4 cm³/mol. The number of nitrogens with zero attached hydrogens (tertiary/aromatic N) is 2. The number of nitriles is 1. The number of ether oxygens (including phenoxy) is 1. The smallest absolute Gasteiger partial charge is 0.308 e. The number of hydrogen-bond acceptors (Lipinski definition) is 4. The summed E-state index contributed by atoms with van der Waals surface area (Å²) in [5.74, 6) is -0.0774. The number of carboxylic acid groups (broad SMARTS) is 1. The Bertz CT molecular complexity index is 507. The van der Waals surface area contributed by atoms with Gasteiger partial charge in [0.2, 0.25) is 0 Å². The molecule has 1 fully saturated rings. The minimum absolute atomic E-state index is 0.183. The average molecular weight is 274 g/mol. The van der Waals surface area contributed by atoms with Crippen molar-refractivity contribution in [1.82, 2.24) is 4.90 Å².